The third-order valence-electron chi connectivity index (χ3n) is 4.51. The lowest BCUT2D eigenvalue weighted by Gasteiger charge is -2.32. The molecule has 0 saturated carbocycles. The van der Waals surface area contributed by atoms with Gasteiger partial charge in [-0.2, -0.15) is 0 Å². The fourth-order valence-electron chi connectivity index (χ4n) is 2.91. The molecular formula is C18H22ClN3O2. The molecule has 1 saturated heterocycles. The Morgan fingerprint density at radius 1 is 1.04 bits per heavy atom. The molecule has 1 N–H and O–H groups in total. The molecule has 0 aliphatic carbocycles. The van der Waals surface area contributed by atoms with Crippen LogP contribution in [0.3, 0.4) is 0 Å². The summed E-state index contributed by atoms with van der Waals surface area (Å²) in [6, 6.07) is 9.23. The zero-order chi connectivity index (χ0) is 17.1. The van der Waals surface area contributed by atoms with Gasteiger partial charge in [-0.15, -0.1) is 0 Å². The van der Waals surface area contributed by atoms with Crippen molar-refractivity contribution in [1.82, 2.24) is 14.4 Å². The molecule has 1 aliphatic rings. The average molecular weight is 348 g/mol. The third-order valence-corrected chi connectivity index (χ3v) is 4.88. The van der Waals surface area contributed by atoms with Crippen LogP contribution < -0.4 is 5.56 Å². The number of pyridine rings is 1. The molecule has 1 aliphatic heterocycles. The second-order valence-corrected chi connectivity index (χ2v) is 6.70. The summed E-state index contributed by atoms with van der Waals surface area (Å²) in [6.07, 6.45) is 1.73. The number of nitrogens with zero attached hydrogens (tertiary/aromatic N) is 3. The molecule has 128 valence electrons. The maximum absolute atomic E-state index is 12.4. The lowest BCUT2D eigenvalue weighted by atomic mass is 10.2. The molecule has 1 aromatic carbocycles. The van der Waals surface area contributed by atoms with Crippen molar-refractivity contribution in [3.8, 4) is 5.75 Å². The highest BCUT2D eigenvalue weighted by Gasteiger charge is 2.17. The minimum Gasteiger partial charge on any atom is -0.503 e. The summed E-state index contributed by atoms with van der Waals surface area (Å²) in [4.78, 5) is 17.0. The van der Waals surface area contributed by atoms with Crippen LogP contribution in [0.4, 0.5) is 0 Å². The van der Waals surface area contributed by atoms with E-state index in [0.29, 0.717) is 23.7 Å². The van der Waals surface area contributed by atoms with Gasteiger partial charge in [0, 0.05) is 49.5 Å². The number of hydrogen-bond donors (Lipinski definition) is 1. The molecule has 0 atom stereocenters. The normalized spacial score (nSPS) is 16.4. The first-order chi connectivity index (χ1) is 11.5. The zero-order valence-corrected chi connectivity index (χ0v) is 14.5. The van der Waals surface area contributed by atoms with Gasteiger partial charge in [0.1, 0.15) is 0 Å². The van der Waals surface area contributed by atoms with E-state index in [-0.39, 0.29) is 11.3 Å². The Kier molecular flexibility index (Phi) is 5.23. The summed E-state index contributed by atoms with van der Waals surface area (Å²) in [5.41, 5.74) is 1.16. The molecule has 0 radical (unpaired) electrons. The lowest BCUT2D eigenvalue weighted by Crippen LogP contribution is -2.44. The Morgan fingerprint density at radius 2 is 1.75 bits per heavy atom. The smallest absolute Gasteiger partial charge is 0.293 e. The predicted molar refractivity (Wildman–Crippen MR) is 95.7 cm³/mol. The molecule has 5 nitrogen and oxygen atoms in total. The second kappa shape index (κ2) is 7.38. The van der Waals surface area contributed by atoms with Crippen LogP contribution >= 0.6 is 11.6 Å². The van der Waals surface area contributed by atoms with E-state index in [1.54, 1.807) is 12.3 Å². The summed E-state index contributed by atoms with van der Waals surface area (Å²) in [7, 11) is 2.10. The van der Waals surface area contributed by atoms with E-state index in [1.165, 1.54) is 4.57 Å². The van der Waals surface area contributed by atoms with Crippen LogP contribution in [0, 0.1) is 0 Å². The molecule has 0 unspecified atom stereocenters. The first kappa shape index (κ1) is 17.0. The minimum absolute atomic E-state index is 0.163. The molecule has 3 rings (SSSR count). The molecule has 6 heteroatoms. The van der Waals surface area contributed by atoms with Gasteiger partial charge in [-0.25, -0.2) is 0 Å². The van der Waals surface area contributed by atoms with Gasteiger partial charge in [0.25, 0.3) is 5.56 Å². The van der Waals surface area contributed by atoms with E-state index < -0.39 is 0 Å². The first-order valence-electron chi connectivity index (χ1n) is 8.10. The van der Waals surface area contributed by atoms with E-state index in [1.807, 2.05) is 24.3 Å². The number of likely N-dealkylation sites (N-methyl/N-ethyl adjacent to an activating group) is 1. The second-order valence-electron chi connectivity index (χ2n) is 6.29. The number of hydrogen-bond acceptors (Lipinski definition) is 4. The van der Waals surface area contributed by atoms with Crippen molar-refractivity contribution in [2.24, 2.45) is 0 Å². The van der Waals surface area contributed by atoms with Crippen molar-refractivity contribution in [3.63, 3.8) is 0 Å². The maximum Gasteiger partial charge on any atom is 0.293 e. The summed E-state index contributed by atoms with van der Waals surface area (Å²) in [5.74, 6) is -0.163. The van der Waals surface area contributed by atoms with E-state index in [2.05, 4.69) is 16.8 Å². The van der Waals surface area contributed by atoms with Gasteiger partial charge >= 0.3 is 0 Å². The average Bonchev–Trinajstić information content (AvgIpc) is 2.58. The van der Waals surface area contributed by atoms with E-state index in [9.17, 15) is 9.90 Å². The van der Waals surface area contributed by atoms with Gasteiger partial charge in [0.05, 0.1) is 6.54 Å². The summed E-state index contributed by atoms with van der Waals surface area (Å²) in [5, 5.41) is 10.9. The van der Waals surface area contributed by atoms with Gasteiger partial charge in [-0.3, -0.25) is 9.69 Å². The van der Waals surface area contributed by atoms with Crippen molar-refractivity contribution in [3.05, 3.63) is 63.0 Å². The number of benzene rings is 1. The van der Waals surface area contributed by atoms with Gasteiger partial charge in [-0.1, -0.05) is 29.8 Å². The van der Waals surface area contributed by atoms with Crippen LogP contribution in [0.15, 0.2) is 41.3 Å². The highest BCUT2D eigenvalue weighted by Crippen LogP contribution is 2.18. The van der Waals surface area contributed by atoms with Crippen LogP contribution in [0.2, 0.25) is 5.02 Å². The molecule has 2 heterocycles. The molecule has 1 aromatic heterocycles. The van der Waals surface area contributed by atoms with Gasteiger partial charge in [0.15, 0.2) is 5.75 Å². The largest absolute Gasteiger partial charge is 0.503 e. The van der Waals surface area contributed by atoms with Crippen molar-refractivity contribution >= 4 is 11.6 Å². The molecule has 2 aromatic rings. The van der Waals surface area contributed by atoms with Crippen molar-refractivity contribution in [2.45, 2.75) is 13.1 Å². The topological polar surface area (TPSA) is 48.7 Å². The van der Waals surface area contributed by atoms with E-state index in [4.69, 9.17) is 11.6 Å². The minimum atomic E-state index is -0.374. The summed E-state index contributed by atoms with van der Waals surface area (Å²) < 4.78 is 1.49. The third kappa shape index (κ3) is 3.80. The summed E-state index contributed by atoms with van der Waals surface area (Å²) >= 11 is 6.15. The van der Waals surface area contributed by atoms with Gasteiger partial charge in [-0.05, 0) is 24.7 Å². The Labute approximate surface area is 146 Å². The van der Waals surface area contributed by atoms with Crippen molar-refractivity contribution in [2.75, 3.05) is 33.2 Å². The van der Waals surface area contributed by atoms with Crippen LogP contribution in [-0.4, -0.2) is 52.7 Å². The fraction of sp³-hybridized carbons (Fsp3) is 0.389. The predicted octanol–water partition coefficient (Wildman–Crippen LogP) is 2.00. The molecule has 1 fully saturated rings. The number of rotatable bonds is 4. The number of aromatic hydroxyl groups is 1. The number of halogens is 1. The maximum atomic E-state index is 12.4. The Balaban J connectivity index is 1.76. The molecule has 0 spiro atoms. The highest BCUT2D eigenvalue weighted by molar-refractivity contribution is 6.31. The lowest BCUT2D eigenvalue weighted by molar-refractivity contribution is 0.147. The molecule has 24 heavy (non-hydrogen) atoms. The Morgan fingerprint density at radius 3 is 2.46 bits per heavy atom. The van der Waals surface area contributed by atoms with E-state index in [0.717, 1.165) is 31.7 Å². The van der Waals surface area contributed by atoms with Crippen molar-refractivity contribution in [1.29, 1.82) is 0 Å². The van der Waals surface area contributed by atoms with Gasteiger partial charge < -0.3 is 14.6 Å². The monoisotopic (exact) mass is 347 g/mol. The molecule has 0 amide bonds. The fourth-order valence-corrected chi connectivity index (χ4v) is 3.10. The van der Waals surface area contributed by atoms with Crippen LogP contribution in [0.1, 0.15) is 11.1 Å². The standard InChI is InChI=1S/C18H22ClN3O2/c1-20-8-10-21(11-9-20)12-15-6-7-22(18(24)17(15)23)13-14-4-2-3-5-16(14)19/h2-7,23H,8-13H2,1H3. The number of piperazine rings is 1. The quantitative estimate of drug-likeness (QED) is 0.919. The van der Waals surface area contributed by atoms with Gasteiger partial charge in [0.2, 0.25) is 0 Å². The van der Waals surface area contributed by atoms with Crippen LogP contribution in [-0.2, 0) is 13.1 Å². The Bertz CT molecular complexity index is 767. The SMILES string of the molecule is CN1CCN(Cc2ccn(Cc3ccccc3Cl)c(=O)c2O)CC1. The van der Waals surface area contributed by atoms with Crippen molar-refractivity contribution < 1.29 is 5.11 Å². The molecular weight excluding hydrogens is 326 g/mol. The first-order valence-corrected chi connectivity index (χ1v) is 8.48. The summed E-state index contributed by atoms with van der Waals surface area (Å²) in [6.45, 7) is 4.84. The van der Waals surface area contributed by atoms with E-state index >= 15 is 0 Å². The molecule has 0 bridgehead atoms. The Hall–Kier alpha value is -1.82. The van der Waals surface area contributed by atoms with Crippen LogP contribution in [0.25, 0.3) is 0 Å². The highest BCUT2D eigenvalue weighted by atomic mass is 35.5. The van der Waals surface area contributed by atoms with Crippen LogP contribution in [0.5, 0.6) is 5.75 Å². The zero-order valence-electron chi connectivity index (χ0n) is 13.8. The number of aromatic nitrogens is 1.